The maximum Gasteiger partial charge on any atom is 0.0954 e. The monoisotopic (exact) mass is 352 g/mol. The average Bonchev–Trinajstić information content (AvgIpc) is 3.21. The number of halogens is 1. The molecular weight excluding hydrogens is 336 g/mol. The molecule has 3 heteroatoms. The van der Waals surface area contributed by atoms with E-state index >= 15 is 0 Å². The molecule has 1 heterocycles. The largest absolute Gasteiger partial charge is 0.326 e. The summed E-state index contributed by atoms with van der Waals surface area (Å²) in [6.07, 6.45) is 9.47. The number of aryl methyl sites for hydroxylation is 1. The molecular formula is C19H17BrN2. The van der Waals surface area contributed by atoms with Crippen LogP contribution in [0.1, 0.15) is 34.7 Å². The molecule has 1 aliphatic rings. The van der Waals surface area contributed by atoms with Crippen molar-refractivity contribution < 1.29 is 0 Å². The second kappa shape index (κ2) is 5.73. The molecule has 110 valence electrons. The summed E-state index contributed by atoms with van der Waals surface area (Å²) >= 11 is 3.73. The first kappa shape index (κ1) is 13.8. The van der Waals surface area contributed by atoms with Gasteiger partial charge in [0.05, 0.1) is 12.4 Å². The summed E-state index contributed by atoms with van der Waals surface area (Å²) in [5, 5.41) is 0. The molecule has 0 saturated carbocycles. The topological polar surface area (TPSA) is 17.8 Å². The van der Waals surface area contributed by atoms with E-state index in [9.17, 15) is 0 Å². The van der Waals surface area contributed by atoms with Crippen LogP contribution in [0.2, 0.25) is 0 Å². The standard InChI is InChI=1S/C19H17BrN2/c20-18-10-2-1-7-17(18)19(22-12-11-21-13-22)16-9-4-6-14-5-3-8-15(14)16/h1-2,4,6-7,9-13,19H,3,5,8H2. The van der Waals surface area contributed by atoms with Crippen molar-refractivity contribution >= 4 is 15.9 Å². The van der Waals surface area contributed by atoms with Crippen LogP contribution in [0, 0.1) is 0 Å². The second-order valence-electron chi connectivity index (χ2n) is 5.77. The lowest BCUT2D eigenvalue weighted by atomic mass is 9.92. The smallest absolute Gasteiger partial charge is 0.0954 e. The third kappa shape index (κ3) is 2.30. The number of benzene rings is 2. The van der Waals surface area contributed by atoms with Gasteiger partial charge in [-0.15, -0.1) is 0 Å². The molecule has 4 rings (SSSR count). The maximum atomic E-state index is 4.26. The number of rotatable bonds is 3. The molecule has 0 aliphatic heterocycles. The van der Waals surface area contributed by atoms with E-state index in [2.05, 4.69) is 74.1 Å². The van der Waals surface area contributed by atoms with Crippen LogP contribution in [0.5, 0.6) is 0 Å². The Balaban J connectivity index is 1.93. The van der Waals surface area contributed by atoms with Crippen molar-refractivity contribution in [3.05, 3.63) is 87.9 Å². The molecule has 0 N–H and O–H groups in total. The van der Waals surface area contributed by atoms with Gasteiger partial charge in [0.1, 0.15) is 0 Å². The Morgan fingerprint density at radius 2 is 1.86 bits per heavy atom. The number of hydrogen-bond acceptors (Lipinski definition) is 1. The summed E-state index contributed by atoms with van der Waals surface area (Å²) in [5.74, 6) is 0. The Morgan fingerprint density at radius 3 is 2.68 bits per heavy atom. The molecule has 2 nitrogen and oxygen atoms in total. The third-order valence-corrected chi connectivity index (χ3v) is 5.22. The minimum atomic E-state index is 0.172. The van der Waals surface area contributed by atoms with E-state index in [1.807, 2.05) is 12.5 Å². The normalized spacial score (nSPS) is 14.8. The number of nitrogens with zero attached hydrogens (tertiary/aromatic N) is 2. The van der Waals surface area contributed by atoms with Crippen LogP contribution in [0.25, 0.3) is 0 Å². The van der Waals surface area contributed by atoms with Crippen LogP contribution >= 0.6 is 15.9 Å². The summed E-state index contributed by atoms with van der Waals surface area (Å²) in [5.41, 5.74) is 5.72. The highest BCUT2D eigenvalue weighted by Gasteiger charge is 2.24. The van der Waals surface area contributed by atoms with Crippen molar-refractivity contribution in [2.24, 2.45) is 0 Å². The zero-order valence-electron chi connectivity index (χ0n) is 12.2. The first-order chi connectivity index (χ1) is 10.8. The quantitative estimate of drug-likeness (QED) is 0.663. The van der Waals surface area contributed by atoms with E-state index in [0.717, 1.165) is 4.47 Å². The average molecular weight is 353 g/mol. The Labute approximate surface area is 139 Å². The van der Waals surface area contributed by atoms with E-state index < -0.39 is 0 Å². The summed E-state index contributed by atoms with van der Waals surface area (Å²) in [6, 6.07) is 15.4. The first-order valence-electron chi connectivity index (χ1n) is 7.67. The molecule has 0 amide bonds. The molecule has 0 bridgehead atoms. The van der Waals surface area contributed by atoms with Crippen LogP contribution in [-0.4, -0.2) is 9.55 Å². The number of fused-ring (bicyclic) bond motifs is 1. The van der Waals surface area contributed by atoms with Crippen molar-refractivity contribution in [2.45, 2.75) is 25.3 Å². The molecule has 3 aromatic rings. The van der Waals surface area contributed by atoms with Gasteiger partial charge < -0.3 is 4.57 Å². The van der Waals surface area contributed by atoms with Crippen LogP contribution < -0.4 is 0 Å². The summed E-state index contributed by atoms with van der Waals surface area (Å²) in [4.78, 5) is 4.26. The van der Waals surface area contributed by atoms with Crippen molar-refractivity contribution in [1.82, 2.24) is 9.55 Å². The predicted octanol–water partition coefficient (Wildman–Crippen LogP) is 4.77. The van der Waals surface area contributed by atoms with Gasteiger partial charge in [0, 0.05) is 16.9 Å². The van der Waals surface area contributed by atoms with Crippen molar-refractivity contribution in [2.75, 3.05) is 0 Å². The minimum absolute atomic E-state index is 0.172. The highest BCUT2D eigenvalue weighted by molar-refractivity contribution is 9.10. The molecule has 1 unspecified atom stereocenters. The predicted molar refractivity (Wildman–Crippen MR) is 92.1 cm³/mol. The molecule has 1 aromatic heterocycles. The SMILES string of the molecule is Brc1ccccc1C(c1cccc2c1CCC2)n1ccnc1. The Kier molecular flexibility index (Phi) is 3.59. The molecule has 0 saturated heterocycles. The van der Waals surface area contributed by atoms with Crippen molar-refractivity contribution in [3.63, 3.8) is 0 Å². The van der Waals surface area contributed by atoms with E-state index in [0.29, 0.717) is 0 Å². The zero-order valence-corrected chi connectivity index (χ0v) is 13.8. The van der Waals surface area contributed by atoms with E-state index in [4.69, 9.17) is 0 Å². The summed E-state index contributed by atoms with van der Waals surface area (Å²) < 4.78 is 3.35. The Morgan fingerprint density at radius 1 is 1.00 bits per heavy atom. The molecule has 22 heavy (non-hydrogen) atoms. The van der Waals surface area contributed by atoms with Crippen molar-refractivity contribution in [1.29, 1.82) is 0 Å². The van der Waals surface area contributed by atoms with Gasteiger partial charge in [-0.1, -0.05) is 52.3 Å². The minimum Gasteiger partial charge on any atom is -0.326 e. The van der Waals surface area contributed by atoms with E-state index in [-0.39, 0.29) is 6.04 Å². The molecule has 0 radical (unpaired) electrons. The van der Waals surface area contributed by atoms with Gasteiger partial charge in [-0.25, -0.2) is 4.98 Å². The molecule has 1 atom stereocenters. The van der Waals surface area contributed by atoms with Gasteiger partial charge in [0.15, 0.2) is 0 Å². The molecule has 1 aliphatic carbocycles. The van der Waals surface area contributed by atoms with E-state index in [1.54, 1.807) is 0 Å². The van der Waals surface area contributed by atoms with Crippen molar-refractivity contribution in [3.8, 4) is 0 Å². The van der Waals surface area contributed by atoms with Gasteiger partial charge in [0.2, 0.25) is 0 Å². The van der Waals surface area contributed by atoms with Gasteiger partial charge >= 0.3 is 0 Å². The fraction of sp³-hybridized carbons (Fsp3) is 0.211. The fourth-order valence-corrected chi connectivity index (χ4v) is 4.01. The zero-order chi connectivity index (χ0) is 14.9. The second-order valence-corrected chi connectivity index (χ2v) is 6.63. The molecule has 0 fully saturated rings. The number of hydrogen-bond donors (Lipinski definition) is 0. The molecule has 2 aromatic carbocycles. The summed E-state index contributed by atoms with van der Waals surface area (Å²) in [6.45, 7) is 0. The lowest BCUT2D eigenvalue weighted by Crippen LogP contribution is -2.13. The van der Waals surface area contributed by atoms with Crippen LogP contribution in [0.15, 0.2) is 65.7 Å². The van der Waals surface area contributed by atoms with Crippen LogP contribution in [-0.2, 0) is 12.8 Å². The third-order valence-electron chi connectivity index (χ3n) is 4.50. The van der Waals surface area contributed by atoms with Gasteiger partial charge in [-0.3, -0.25) is 0 Å². The van der Waals surface area contributed by atoms with Gasteiger partial charge in [0.25, 0.3) is 0 Å². The Bertz CT molecular complexity index is 793. The van der Waals surface area contributed by atoms with Crippen LogP contribution in [0.4, 0.5) is 0 Å². The first-order valence-corrected chi connectivity index (χ1v) is 8.46. The lowest BCUT2D eigenvalue weighted by molar-refractivity contribution is 0.667. The Hall–Kier alpha value is -1.87. The van der Waals surface area contributed by atoms with E-state index in [1.165, 1.54) is 41.5 Å². The maximum absolute atomic E-state index is 4.26. The van der Waals surface area contributed by atoms with Crippen LogP contribution in [0.3, 0.4) is 0 Å². The lowest BCUT2D eigenvalue weighted by Gasteiger charge is -2.23. The van der Waals surface area contributed by atoms with Gasteiger partial charge in [-0.2, -0.15) is 0 Å². The fourth-order valence-electron chi connectivity index (χ4n) is 3.51. The highest BCUT2D eigenvalue weighted by atomic mass is 79.9. The molecule has 0 spiro atoms. The number of imidazole rings is 1. The highest BCUT2D eigenvalue weighted by Crippen LogP contribution is 2.37. The number of aromatic nitrogens is 2. The van der Waals surface area contributed by atoms with Gasteiger partial charge in [-0.05, 0) is 47.6 Å². The summed E-state index contributed by atoms with van der Waals surface area (Å²) in [7, 11) is 0.